The Morgan fingerprint density at radius 2 is 1.79 bits per heavy atom. The Morgan fingerprint density at radius 3 is 2.52 bits per heavy atom. The first-order valence-corrected chi connectivity index (χ1v) is 11.3. The van der Waals surface area contributed by atoms with Crippen LogP contribution in [0.3, 0.4) is 0 Å². The van der Waals surface area contributed by atoms with Gasteiger partial charge in [0.1, 0.15) is 17.4 Å². The third kappa shape index (κ3) is 6.52. The van der Waals surface area contributed by atoms with E-state index in [1.54, 1.807) is 24.5 Å². The van der Waals surface area contributed by atoms with Crippen molar-refractivity contribution in [1.82, 2.24) is 9.97 Å². The van der Waals surface area contributed by atoms with Gasteiger partial charge in [-0.25, -0.2) is 9.97 Å². The van der Waals surface area contributed by atoms with E-state index in [2.05, 4.69) is 25.3 Å². The molecule has 0 unspecified atom stereocenters. The number of pyridine rings is 2. The van der Waals surface area contributed by atoms with Gasteiger partial charge in [0.15, 0.2) is 0 Å². The monoisotopic (exact) mass is 473 g/mol. The molecule has 1 saturated carbocycles. The van der Waals surface area contributed by atoms with E-state index in [9.17, 15) is 8.78 Å². The van der Waals surface area contributed by atoms with Crippen LogP contribution in [-0.4, -0.2) is 28.7 Å². The molecular formula is C24H26ClF2N5O. The molecule has 4 rings (SSSR count). The predicted octanol–water partition coefficient (Wildman–Crippen LogP) is 5.69. The van der Waals surface area contributed by atoms with Crippen molar-refractivity contribution in [1.29, 1.82) is 0 Å². The standard InChI is InChI=1S/C24H26ClF2N5O/c25-21-14-31-23(32-18-5-3-17(28)4-6-18)12-20(21)16-9-10-29-22(11-16)30-13-15-1-7-19(8-2-15)33-24(26)27/h1-2,7-12,14,17-18,24H,3-6,13,28H2,(H,29,30)(H,31,32)/t17-,18-. The summed E-state index contributed by atoms with van der Waals surface area (Å²) in [4.78, 5) is 8.81. The van der Waals surface area contributed by atoms with Gasteiger partial charge >= 0.3 is 6.61 Å². The quantitative estimate of drug-likeness (QED) is 0.389. The lowest BCUT2D eigenvalue weighted by Crippen LogP contribution is -2.33. The van der Waals surface area contributed by atoms with E-state index in [1.165, 1.54) is 12.1 Å². The van der Waals surface area contributed by atoms with Crippen LogP contribution in [0.5, 0.6) is 5.75 Å². The van der Waals surface area contributed by atoms with Crippen molar-refractivity contribution in [3.8, 4) is 16.9 Å². The molecule has 0 atom stereocenters. The van der Waals surface area contributed by atoms with Crippen molar-refractivity contribution in [2.24, 2.45) is 5.73 Å². The zero-order valence-electron chi connectivity index (χ0n) is 18.0. The minimum atomic E-state index is -2.84. The highest BCUT2D eigenvalue weighted by Crippen LogP contribution is 2.31. The van der Waals surface area contributed by atoms with Crippen molar-refractivity contribution < 1.29 is 13.5 Å². The molecule has 1 aliphatic carbocycles. The third-order valence-electron chi connectivity index (χ3n) is 5.67. The van der Waals surface area contributed by atoms with Gasteiger partial charge in [-0.2, -0.15) is 8.78 Å². The van der Waals surface area contributed by atoms with Gasteiger partial charge in [-0.3, -0.25) is 0 Å². The van der Waals surface area contributed by atoms with E-state index in [1.807, 2.05) is 18.2 Å². The van der Waals surface area contributed by atoms with Crippen LogP contribution >= 0.6 is 11.6 Å². The Kier molecular flexibility index (Phi) is 7.57. The van der Waals surface area contributed by atoms with Crippen LogP contribution in [0, 0.1) is 0 Å². The number of hydrogen-bond donors (Lipinski definition) is 3. The average molecular weight is 474 g/mol. The molecule has 0 aliphatic heterocycles. The third-order valence-corrected chi connectivity index (χ3v) is 5.97. The maximum atomic E-state index is 12.3. The van der Waals surface area contributed by atoms with Crippen LogP contribution in [-0.2, 0) is 6.54 Å². The highest BCUT2D eigenvalue weighted by Gasteiger charge is 2.19. The molecule has 6 nitrogen and oxygen atoms in total. The largest absolute Gasteiger partial charge is 0.435 e. The number of alkyl halides is 2. The number of rotatable bonds is 8. The van der Waals surface area contributed by atoms with Crippen LogP contribution in [0.1, 0.15) is 31.2 Å². The molecule has 1 aromatic carbocycles. The normalized spacial score (nSPS) is 18.2. The number of benzene rings is 1. The van der Waals surface area contributed by atoms with E-state index >= 15 is 0 Å². The topological polar surface area (TPSA) is 85.1 Å². The molecule has 2 heterocycles. The Bertz CT molecular complexity index is 1060. The maximum Gasteiger partial charge on any atom is 0.387 e. The number of nitrogens with one attached hydrogen (secondary N) is 2. The summed E-state index contributed by atoms with van der Waals surface area (Å²) in [6.07, 6.45) is 7.45. The zero-order valence-corrected chi connectivity index (χ0v) is 18.7. The summed E-state index contributed by atoms with van der Waals surface area (Å²) in [5, 5.41) is 7.31. The van der Waals surface area contributed by atoms with Crippen molar-refractivity contribution in [2.75, 3.05) is 10.6 Å². The molecule has 0 spiro atoms. The molecule has 0 bridgehead atoms. The molecular weight excluding hydrogens is 448 g/mol. The number of nitrogens with zero attached hydrogens (tertiary/aromatic N) is 2. The van der Waals surface area contributed by atoms with Crippen molar-refractivity contribution in [3.05, 3.63) is 65.4 Å². The molecule has 0 radical (unpaired) electrons. The first-order valence-electron chi connectivity index (χ1n) is 10.9. The fourth-order valence-electron chi connectivity index (χ4n) is 3.89. The Balaban J connectivity index is 1.42. The second-order valence-electron chi connectivity index (χ2n) is 8.11. The van der Waals surface area contributed by atoms with E-state index in [4.69, 9.17) is 17.3 Å². The van der Waals surface area contributed by atoms with Crippen LogP contribution < -0.4 is 21.1 Å². The smallest absolute Gasteiger partial charge is 0.387 e. The predicted molar refractivity (Wildman–Crippen MR) is 127 cm³/mol. The number of ether oxygens (including phenoxy) is 1. The Labute approximate surface area is 196 Å². The molecule has 1 aliphatic rings. The summed E-state index contributed by atoms with van der Waals surface area (Å²) in [6, 6.07) is 12.9. The van der Waals surface area contributed by atoms with Crippen molar-refractivity contribution in [3.63, 3.8) is 0 Å². The summed E-state index contributed by atoms with van der Waals surface area (Å²) < 4.78 is 29.0. The molecule has 33 heavy (non-hydrogen) atoms. The summed E-state index contributed by atoms with van der Waals surface area (Å²) in [7, 11) is 0. The Hall–Kier alpha value is -2.97. The van der Waals surface area contributed by atoms with Crippen LogP contribution in [0.25, 0.3) is 11.1 Å². The van der Waals surface area contributed by atoms with Crippen molar-refractivity contribution >= 4 is 23.2 Å². The van der Waals surface area contributed by atoms with E-state index in [-0.39, 0.29) is 5.75 Å². The van der Waals surface area contributed by atoms with Gasteiger partial charge in [0.05, 0.1) is 5.02 Å². The summed E-state index contributed by atoms with van der Waals surface area (Å²) in [5.41, 5.74) is 8.68. The lowest BCUT2D eigenvalue weighted by molar-refractivity contribution is -0.0498. The second-order valence-corrected chi connectivity index (χ2v) is 8.52. The molecule has 2 aromatic heterocycles. The SMILES string of the molecule is N[C@H]1CC[C@H](Nc2cc(-c3ccnc(NCc4ccc(OC(F)F)cc4)c3)c(Cl)cn2)CC1. The van der Waals surface area contributed by atoms with Gasteiger partial charge in [0.2, 0.25) is 0 Å². The summed E-state index contributed by atoms with van der Waals surface area (Å²) in [5.74, 6) is 1.58. The molecule has 1 fully saturated rings. The van der Waals surface area contributed by atoms with Crippen molar-refractivity contribution in [2.45, 2.75) is 50.9 Å². The highest BCUT2D eigenvalue weighted by atomic mass is 35.5. The van der Waals surface area contributed by atoms with E-state index < -0.39 is 6.61 Å². The van der Waals surface area contributed by atoms with Gasteiger partial charge in [0, 0.05) is 36.6 Å². The molecule has 0 amide bonds. The molecule has 4 N–H and O–H groups in total. The fourth-order valence-corrected chi connectivity index (χ4v) is 4.10. The molecule has 0 saturated heterocycles. The van der Waals surface area contributed by atoms with Crippen LogP contribution in [0.4, 0.5) is 20.4 Å². The first kappa shape index (κ1) is 23.2. The minimum absolute atomic E-state index is 0.127. The zero-order chi connectivity index (χ0) is 23.2. The Morgan fingerprint density at radius 1 is 1.03 bits per heavy atom. The molecule has 3 aromatic rings. The van der Waals surface area contributed by atoms with E-state index in [0.717, 1.165) is 48.2 Å². The number of nitrogens with two attached hydrogens (primary N) is 1. The van der Waals surface area contributed by atoms with Gasteiger partial charge in [-0.05, 0) is 67.1 Å². The van der Waals surface area contributed by atoms with Gasteiger partial charge in [-0.15, -0.1) is 0 Å². The number of hydrogen-bond acceptors (Lipinski definition) is 6. The van der Waals surface area contributed by atoms with Crippen LogP contribution in [0.2, 0.25) is 5.02 Å². The lowest BCUT2D eigenvalue weighted by atomic mass is 9.92. The number of aromatic nitrogens is 2. The maximum absolute atomic E-state index is 12.3. The molecule has 174 valence electrons. The molecule has 9 heteroatoms. The lowest BCUT2D eigenvalue weighted by Gasteiger charge is -2.27. The average Bonchev–Trinajstić information content (AvgIpc) is 2.81. The van der Waals surface area contributed by atoms with Gasteiger partial charge in [-0.1, -0.05) is 23.7 Å². The fraction of sp³-hybridized carbons (Fsp3) is 0.333. The minimum Gasteiger partial charge on any atom is -0.435 e. The van der Waals surface area contributed by atoms with Gasteiger partial charge < -0.3 is 21.1 Å². The second kappa shape index (κ2) is 10.8. The summed E-state index contributed by atoms with van der Waals surface area (Å²) in [6.45, 7) is -2.36. The highest BCUT2D eigenvalue weighted by molar-refractivity contribution is 6.33. The number of halogens is 3. The van der Waals surface area contributed by atoms with Crippen LogP contribution in [0.15, 0.2) is 54.9 Å². The number of anilines is 2. The first-order chi connectivity index (χ1) is 16.0. The van der Waals surface area contributed by atoms with Gasteiger partial charge in [0.25, 0.3) is 0 Å². The summed E-state index contributed by atoms with van der Waals surface area (Å²) >= 11 is 6.46. The van der Waals surface area contributed by atoms with E-state index in [0.29, 0.717) is 29.5 Å².